The molecular weight excluding hydrogens is 286 g/mol. The smallest absolute Gasteiger partial charge is 0.277 e. The van der Waals surface area contributed by atoms with Gasteiger partial charge in [-0.05, 0) is 50.1 Å². The summed E-state index contributed by atoms with van der Waals surface area (Å²) in [7, 11) is 0. The summed E-state index contributed by atoms with van der Waals surface area (Å²) in [4.78, 5) is 19.6. The van der Waals surface area contributed by atoms with Crippen LogP contribution in [-0.2, 0) is 6.42 Å². The van der Waals surface area contributed by atoms with E-state index in [2.05, 4.69) is 4.98 Å². The lowest BCUT2D eigenvalue weighted by Crippen LogP contribution is -2.32. The molecule has 3 rings (SSSR count). The summed E-state index contributed by atoms with van der Waals surface area (Å²) in [6.07, 6.45) is 2.66. The first-order valence-electron chi connectivity index (χ1n) is 8.00. The van der Waals surface area contributed by atoms with Crippen LogP contribution in [0.3, 0.4) is 0 Å². The summed E-state index contributed by atoms with van der Waals surface area (Å²) >= 11 is 0. The fourth-order valence-electron chi connectivity index (χ4n) is 2.85. The molecule has 0 spiro atoms. The minimum atomic E-state index is -0.00750. The lowest BCUT2D eigenvalue weighted by atomic mass is 10.2. The Morgan fingerprint density at radius 1 is 1.17 bits per heavy atom. The number of nitrogens with zero attached hydrogens (tertiary/aromatic N) is 3. The number of carbonyl (C=O) groups excluding carboxylic acids is 1. The molecule has 3 aromatic rings. The second-order valence-electron chi connectivity index (χ2n) is 5.58. The summed E-state index contributed by atoms with van der Waals surface area (Å²) in [6.45, 7) is 6.67. The molecule has 4 heteroatoms. The molecule has 0 unspecified atom stereocenters. The van der Waals surface area contributed by atoms with Gasteiger partial charge in [-0.1, -0.05) is 25.1 Å². The number of fused-ring (bicyclic) bond motifs is 1. The number of rotatable bonds is 4. The third kappa shape index (κ3) is 2.72. The van der Waals surface area contributed by atoms with Gasteiger partial charge in [-0.2, -0.15) is 0 Å². The number of para-hydroxylation sites is 1. The molecule has 0 atom stereocenters. The Hall–Kier alpha value is -2.62. The third-order valence-corrected chi connectivity index (χ3v) is 4.02. The second kappa shape index (κ2) is 6.24. The molecule has 2 aromatic heterocycles. The first kappa shape index (κ1) is 15.3. The maximum Gasteiger partial charge on any atom is 0.277 e. The van der Waals surface area contributed by atoms with Crippen molar-refractivity contribution in [3.05, 3.63) is 65.6 Å². The number of aromatic nitrogens is 2. The highest BCUT2D eigenvalue weighted by molar-refractivity contribution is 6.06. The van der Waals surface area contributed by atoms with Crippen LogP contribution < -0.4 is 4.90 Å². The molecule has 2 heterocycles. The zero-order chi connectivity index (χ0) is 16.4. The lowest BCUT2D eigenvalue weighted by molar-refractivity contribution is 0.0981. The maximum atomic E-state index is 13.2. The zero-order valence-corrected chi connectivity index (χ0v) is 13.8. The molecule has 0 aliphatic heterocycles. The predicted molar refractivity (Wildman–Crippen MR) is 93.1 cm³/mol. The van der Waals surface area contributed by atoms with Crippen molar-refractivity contribution in [2.24, 2.45) is 0 Å². The van der Waals surface area contributed by atoms with Gasteiger partial charge in [-0.25, -0.2) is 4.98 Å². The van der Waals surface area contributed by atoms with Gasteiger partial charge in [0.2, 0.25) is 0 Å². The Balaban J connectivity index is 2.13. The van der Waals surface area contributed by atoms with Crippen molar-refractivity contribution in [1.29, 1.82) is 0 Å². The molecule has 0 aliphatic carbocycles. The van der Waals surface area contributed by atoms with E-state index in [1.165, 1.54) is 0 Å². The van der Waals surface area contributed by atoms with Crippen LogP contribution in [0.1, 0.15) is 35.6 Å². The van der Waals surface area contributed by atoms with Crippen LogP contribution in [0.25, 0.3) is 5.65 Å². The van der Waals surface area contributed by atoms with Gasteiger partial charge in [0.1, 0.15) is 11.3 Å². The molecule has 0 fully saturated rings. The highest BCUT2D eigenvalue weighted by Gasteiger charge is 2.23. The first-order chi connectivity index (χ1) is 11.2. The van der Waals surface area contributed by atoms with E-state index in [1.54, 1.807) is 4.90 Å². The second-order valence-corrected chi connectivity index (χ2v) is 5.58. The Kier molecular flexibility index (Phi) is 4.15. The van der Waals surface area contributed by atoms with Crippen molar-refractivity contribution in [2.45, 2.75) is 27.2 Å². The Labute approximate surface area is 136 Å². The highest BCUT2D eigenvalue weighted by Crippen LogP contribution is 2.21. The van der Waals surface area contributed by atoms with E-state index in [-0.39, 0.29) is 5.91 Å². The SMILES string of the molecule is CCc1nc2cc(C)ccn2c1C(=O)N(CC)c1ccccc1. The van der Waals surface area contributed by atoms with Gasteiger partial charge in [0.05, 0.1) is 5.69 Å². The monoisotopic (exact) mass is 307 g/mol. The third-order valence-electron chi connectivity index (χ3n) is 4.02. The Morgan fingerprint density at radius 3 is 2.57 bits per heavy atom. The molecule has 0 radical (unpaired) electrons. The van der Waals surface area contributed by atoms with Crippen molar-refractivity contribution in [3.63, 3.8) is 0 Å². The number of benzene rings is 1. The van der Waals surface area contributed by atoms with Crippen LogP contribution in [0.4, 0.5) is 5.69 Å². The largest absolute Gasteiger partial charge is 0.307 e. The number of hydrogen-bond donors (Lipinski definition) is 0. The predicted octanol–water partition coefficient (Wildman–Crippen LogP) is 3.87. The molecule has 0 saturated heterocycles. The molecule has 0 aliphatic rings. The van der Waals surface area contributed by atoms with E-state index >= 15 is 0 Å². The number of carbonyl (C=O) groups is 1. The fraction of sp³-hybridized carbons (Fsp3) is 0.263. The normalized spacial score (nSPS) is 10.9. The minimum absolute atomic E-state index is 0.00750. The average molecular weight is 307 g/mol. The molecule has 118 valence electrons. The Morgan fingerprint density at radius 2 is 1.91 bits per heavy atom. The highest BCUT2D eigenvalue weighted by atomic mass is 16.2. The summed E-state index contributed by atoms with van der Waals surface area (Å²) in [5, 5.41) is 0. The van der Waals surface area contributed by atoms with Crippen molar-refractivity contribution in [2.75, 3.05) is 11.4 Å². The quantitative estimate of drug-likeness (QED) is 0.734. The number of anilines is 1. The first-order valence-corrected chi connectivity index (χ1v) is 8.00. The summed E-state index contributed by atoms with van der Waals surface area (Å²) in [5.74, 6) is -0.00750. The van der Waals surface area contributed by atoms with E-state index in [9.17, 15) is 4.79 Å². The van der Waals surface area contributed by atoms with E-state index < -0.39 is 0 Å². The van der Waals surface area contributed by atoms with Crippen LogP contribution in [-0.4, -0.2) is 21.8 Å². The van der Waals surface area contributed by atoms with Crippen molar-refractivity contribution < 1.29 is 4.79 Å². The minimum Gasteiger partial charge on any atom is -0.307 e. The van der Waals surface area contributed by atoms with Crippen LogP contribution in [0.15, 0.2) is 48.7 Å². The molecule has 0 bridgehead atoms. The molecule has 1 amide bonds. The summed E-state index contributed by atoms with van der Waals surface area (Å²) < 4.78 is 1.90. The van der Waals surface area contributed by atoms with E-state index in [1.807, 2.05) is 73.8 Å². The average Bonchev–Trinajstić information content (AvgIpc) is 2.94. The summed E-state index contributed by atoms with van der Waals surface area (Å²) in [6, 6.07) is 13.8. The molecular formula is C19H21N3O. The van der Waals surface area contributed by atoms with Gasteiger partial charge in [0.15, 0.2) is 0 Å². The van der Waals surface area contributed by atoms with Crippen molar-refractivity contribution in [1.82, 2.24) is 9.38 Å². The van der Waals surface area contributed by atoms with Crippen LogP contribution >= 0.6 is 0 Å². The van der Waals surface area contributed by atoms with Crippen LogP contribution in [0.2, 0.25) is 0 Å². The molecule has 0 saturated carbocycles. The van der Waals surface area contributed by atoms with Crippen molar-refractivity contribution in [3.8, 4) is 0 Å². The number of aryl methyl sites for hydroxylation is 2. The fourth-order valence-corrected chi connectivity index (χ4v) is 2.85. The lowest BCUT2D eigenvalue weighted by Gasteiger charge is -2.21. The van der Waals surface area contributed by atoms with E-state index in [0.717, 1.165) is 29.0 Å². The number of hydrogen-bond acceptors (Lipinski definition) is 2. The molecule has 4 nitrogen and oxygen atoms in total. The van der Waals surface area contributed by atoms with Crippen molar-refractivity contribution >= 4 is 17.2 Å². The van der Waals surface area contributed by atoms with Gasteiger partial charge in [0.25, 0.3) is 5.91 Å². The standard InChI is InChI=1S/C19H21N3O/c1-4-16-18(22-12-11-14(3)13-17(22)20-16)19(23)21(5-2)15-9-7-6-8-10-15/h6-13H,4-5H2,1-3H3. The number of pyridine rings is 1. The van der Waals surface area contributed by atoms with Gasteiger partial charge in [-0.3, -0.25) is 9.20 Å². The van der Waals surface area contributed by atoms with E-state index in [4.69, 9.17) is 0 Å². The van der Waals surface area contributed by atoms with Crippen LogP contribution in [0, 0.1) is 6.92 Å². The molecule has 0 N–H and O–H groups in total. The molecule has 23 heavy (non-hydrogen) atoms. The number of amides is 1. The maximum absolute atomic E-state index is 13.2. The Bertz CT molecular complexity index is 836. The molecule has 1 aromatic carbocycles. The summed E-state index contributed by atoms with van der Waals surface area (Å²) in [5.41, 5.74) is 4.38. The zero-order valence-electron chi connectivity index (χ0n) is 13.8. The van der Waals surface area contributed by atoms with Gasteiger partial charge >= 0.3 is 0 Å². The van der Waals surface area contributed by atoms with Crippen LogP contribution in [0.5, 0.6) is 0 Å². The number of imidazole rings is 1. The van der Waals surface area contributed by atoms with Gasteiger partial charge in [0, 0.05) is 18.4 Å². The van der Waals surface area contributed by atoms with Gasteiger partial charge in [-0.15, -0.1) is 0 Å². The van der Waals surface area contributed by atoms with Gasteiger partial charge < -0.3 is 4.90 Å². The van der Waals surface area contributed by atoms with E-state index in [0.29, 0.717) is 12.2 Å². The topological polar surface area (TPSA) is 37.6 Å².